The van der Waals surface area contributed by atoms with Crippen LogP contribution in [0.1, 0.15) is 11.1 Å². The van der Waals surface area contributed by atoms with Crippen LogP contribution in [-0.4, -0.2) is 23.5 Å². The van der Waals surface area contributed by atoms with Gasteiger partial charge in [-0.2, -0.15) is 5.10 Å². The molecule has 0 saturated heterocycles. The summed E-state index contributed by atoms with van der Waals surface area (Å²) in [5, 5.41) is 22.6. The van der Waals surface area contributed by atoms with Crippen molar-refractivity contribution in [1.29, 1.82) is 0 Å². The molecule has 0 aliphatic carbocycles. The molecule has 0 spiro atoms. The van der Waals surface area contributed by atoms with Crippen molar-refractivity contribution in [1.82, 2.24) is 5.43 Å². The number of para-hydroxylation sites is 1. The van der Waals surface area contributed by atoms with E-state index in [0.717, 1.165) is 11.3 Å². The molecule has 20 heavy (non-hydrogen) atoms. The number of rotatable bonds is 5. The van der Waals surface area contributed by atoms with E-state index >= 15 is 0 Å². The average molecular weight is 272 g/mol. The highest BCUT2D eigenvalue weighted by Crippen LogP contribution is 2.24. The molecule has 0 aliphatic rings. The van der Waals surface area contributed by atoms with E-state index in [0.29, 0.717) is 12.1 Å². The molecule has 0 unspecified atom stereocenters. The lowest BCUT2D eigenvalue weighted by Gasteiger charge is -2.07. The summed E-state index contributed by atoms with van der Waals surface area (Å²) in [6, 6.07) is 12.2. The molecule has 0 heterocycles. The lowest BCUT2D eigenvalue weighted by atomic mass is 10.2. The number of methoxy groups -OCH3 is 1. The molecule has 0 amide bonds. The van der Waals surface area contributed by atoms with Gasteiger partial charge in [-0.05, 0) is 29.8 Å². The molecule has 5 heteroatoms. The average Bonchev–Trinajstić information content (AvgIpc) is 2.47. The Bertz CT molecular complexity index is 612. The Kier molecular flexibility index (Phi) is 4.44. The smallest absolute Gasteiger partial charge is 0.158 e. The van der Waals surface area contributed by atoms with Crippen LogP contribution >= 0.6 is 0 Å². The lowest BCUT2D eigenvalue weighted by molar-refractivity contribution is 0.403. The topological polar surface area (TPSA) is 74.1 Å². The molecule has 3 N–H and O–H groups in total. The van der Waals surface area contributed by atoms with Crippen LogP contribution < -0.4 is 10.2 Å². The van der Waals surface area contributed by atoms with Crippen molar-refractivity contribution in [2.45, 2.75) is 6.54 Å². The number of hydrazone groups is 1. The Morgan fingerprint density at radius 2 is 1.95 bits per heavy atom. The number of nitrogens with one attached hydrogen (secondary N) is 1. The zero-order valence-electron chi connectivity index (χ0n) is 11.1. The number of nitrogens with zero attached hydrogens (tertiary/aromatic N) is 1. The maximum Gasteiger partial charge on any atom is 0.158 e. The van der Waals surface area contributed by atoms with Crippen molar-refractivity contribution in [2.24, 2.45) is 5.10 Å². The molecule has 0 atom stereocenters. The Labute approximate surface area is 117 Å². The summed E-state index contributed by atoms with van der Waals surface area (Å²) < 4.78 is 5.24. The molecule has 2 rings (SSSR count). The number of phenolic OH excluding ortho intramolecular Hbond substituents is 2. The molecule has 5 nitrogen and oxygen atoms in total. The van der Waals surface area contributed by atoms with Crippen molar-refractivity contribution in [2.75, 3.05) is 7.11 Å². The largest absolute Gasteiger partial charge is 0.504 e. The fourth-order valence-electron chi connectivity index (χ4n) is 1.72. The minimum Gasteiger partial charge on any atom is -0.504 e. The summed E-state index contributed by atoms with van der Waals surface area (Å²) in [5.74, 6) is 0.486. The number of phenols is 2. The first-order valence-corrected chi connectivity index (χ1v) is 6.10. The first-order chi connectivity index (χ1) is 9.70. The van der Waals surface area contributed by atoms with Gasteiger partial charge in [0.2, 0.25) is 0 Å². The van der Waals surface area contributed by atoms with Gasteiger partial charge < -0.3 is 20.4 Å². The second kappa shape index (κ2) is 6.47. The number of hydrogen-bond acceptors (Lipinski definition) is 5. The third-order valence-electron chi connectivity index (χ3n) is 2.77. The summed E-state index contributed by atoms with van der Waals surface area (Å²) in [5.41, 5.74) is 4.59. The van der Waals surface area contributed by atoms with Crippen molar-refractivity contribution in [3.8, 4) is 17.2 Å². The van der Waals surface area contributed by atoms with Crippen LogP contribution in [0.25, 0.3) is 0 Å². The second-order valence-electron chi connectivity index (χ2n) is 4.15. The van der Waals surface area contributed by atoms with E-state index in [2.05, 4.69) is 10.5 Å². The van der Waals surface area contributed by atoms with Crippen LogP contribution in [0.4, 0.5) is 0 Å². The van der Waals surface area contributed by atoms with Gasteiger partial charge in [-0.15, -0.1) is 0 Å². The van der Waals surface area contributed by atoms with E-state index in [1.807, 2.05) is 24.3 Å². The molecular formula is C15H16N2O3. The van der Waals surface area contributed by atoms with E-state index in [9.17, 15) is 10.2 Å². The molecule has 0 radical (unpaired) electrons. The van der Waals surface area contributed by atoms with Crippen LogP contribution in [0.3, 0.4) is 0 Å². The number of benzene rings is 2. The number of aromatic hydroxyl groups is 2. The SMILES string of the molecule is COc1ccccc1CN/N=C\c1ccc(O)c(O)c1. The monoisotopic (exact) mass is 272 g/mol. The third kappa shape index (κ3) is 3.41. The summed E-state index contributed by atoms with van der Waals surface area (Å²) in [4.78, 5) is 0. The van der Waals surface area contributed by atoms with E-state index < -0.39 is 0 Å². The normalized spacial score (nSPS) is 10.7. The van der Waals surface area contributed by atoms with Crippen LogP contribution in [0, 0.1) is 0 Å². The first-order valence-electron chi connectivity index (χ1n) is 6.10. The predicted octanol–water partition coefficient (Wildman–Crippen LogP) is 2.23. The summed E-state index contributed by atoms with van der Waals surface area (Å²) >= 11 is 0. The zero-order valence-corrected chi connectivity index (χ0v) is 11.1. The van der Waals surface area contributed by atoms with Gasteiger partial charge in [0.1, 0.15) is 5.75 Å². The van der Waals surface area contributed by atoms with Crippen LogP contribution in [0.15, 0.2) is 47.6 Å². The molecule has 2 aromatic carbocycles. The van der Waals surface area contributed by atoms with E-state index in [-0.39, 0.29) is 11.5 Å². The van der Waals surface area contributed by atoms with Crippen LogP contribution in [-0.2, 0) is 6.54 Å². The minimum absolute atomic E-state index is 0.149. The molecule has 0 saturated carbocycles. The molecule has 0 aromatic heterocycles. The van der Waals surface area contributed by atoms with E-state index in [1.54, 1.807) is 19.4 Å². The molecule has 2 aromatic rings. The lowest BCUT2D eigenvalue weighted by Crippen LogP contribution is -2.06. The van der Waals surface area contributed by atoms with Gasteiger partial charge in [0.25, 0.3) is 0 Å². The number of hydrogen-bond donors (Lipinski definition) is 3. The van der Waals surface area contributed by atoms with Crippen molar-refractivity contribution in [3.63, 3.8) is 0 Å². The molecule has 0 fully saturated rings. The quantitative estimate of drug-likeness (QED) is 0.443. The van der Waals surface area contributed by atoms with Crippen LogP contribution in [0.5, 0.6) is 17.2 Å². The van der Waals surface area contributed by atoms with Gasteiger partial charge in [-0.25, -0.2) is 0 Å². The molecule has 104 valence electrons. The second-order valence-corrected chi connectivity index (χ2v) is 4.15. The molecule has 0 aliphatic heterocycles. The fraction of sp³-hybridized carbons (Fsp3) is 0.133. The zero-order chi connectivity index (χ0) is 14.4. The highest BCUT2D eigenvalue weighted by Gasteiger charge is 2.00. The first kappa shape index (κ1) is 13.7. The fourth-order valence-corrected chi connectivity index (χ4v) is 1.72. The molecular weight excluding hydrogens is 256 g/mol. The van der Waals surface area contributed by atoms with Gasteiger partial charge in [0, 0.05) is 5.56 Å². The molecule has 0 bridgehead atoms. The highest BCUT2D eigenvalue weighted by atomic mass is 16.5. The summed E-state index contributed by atoms with van der Waals surface area (Å²) in [7, 11) is 1.63. The van der Waals surface area contributed by atoms with Crippen molar-refractivity contribution >= 4 is 6.21 Å². The Morgan fingerprint density at radius 3 is 2.70 bits per heavy atom. The number of ether oxygens (including phenoxy) is 1. The minimum atomic E-state index is -0.168. The summed E-state index contributed by atoms with van der Waals surface area (Å²) in [6.07, 6.45) is 1.56. The van der Waals surface area contributed by atoms with Gasteiger partial charge >= 0.3 is 0 Å². The predicted molar refractivity (Wildman–Crippen MR) is 77.2 cm³/mol. The Balaban J connectivity index is 1.95. The maximum absolute atomic E-state index is 9.35. The van der Waals surface area contributed by atoms with Crippen LogP contribution in [0.2, 0.25) is 0 Å². The van der Waals surface area contributed by atoms with Gasteiger partial charge in [0.05, 0.1) is 19.9 Å². The summed E-state index contributed by atoms with van der Waals surface area (Å²) in [6.45, 7) is 0.532. The van der Waals surface area contributed by atoms with Gasteiger partial charge in [-0.3, -0.25) is 0 Å². The third-order valence-corrected chi connectivity index (χ3v) is 2.77. The Morgan fingerprint density at radius 1 is 1.15 bits per heavy atom. The van der Waals surface area contributed by atoms with E-state index in [1.165, 1.54) is 12.1 Å². The van der Waals surface area contributed by atoms with Gasteiger partial charge in [-0.1, -0.05) is 18.2 Å². The highest BCUT2D eigenvalue weighted by molar-refractivity contribution is 5.80. The maximum atomic E-state index is 9.35. The van der Waals surface area contributed by atoms with E-state index in [4.69, 9.17) is 4.74 Å². The van der Waals surface area contributed by atoms with Gasteiger partial charge in [0.15, 0.2) is 11.5 Å². The Hall–Kier alpha value is -2.69. The van der Waals surface area contributed by atoms with Crippen molar-refractivity contribution < 1.29 is 14.9 Å². The van der Waals surface area contributed by atoms with Crippen molar-refractivity contribution in [3.05, 3.63) is 53.6 Å². The standard InChI is InChI=1S/C15H16N2O3/c1-20-15-5-3-2-4-12(15)10-17-16-9-11-6-7-13(18)14(19)8-11/h2-9,17-19H,10H2,1H3/b16-9-.